The molecule has 160 valence electrons. The maximum Gasteiger partial charge on any atom is 0.288 e. The molecule has 3 rings (SSSR count). The van der Waals surface area contributed by atoms with Gasteiger partial charge < -0.3 is 15.0 Å². The molecule has 0 spiro atoms. The SMILES string of the molecule is CN(C)c1ccc(C(CNC(=O)c2ccc(Cl)c([N+](=O)[O-])c2)N2CCOCC2)cc1. The molecule has 0 saturated carbocycles. The second-order valence-electron chi connectivity index (χ2n) is 7.28. The third-order valence-corrected chi connectivity index (χ3v) is 5.46. The molecule has 1 heterocycles. The summed E-state index contributed by atoms with van der Waals surface area (Å²) < 4.78 is 5.47. The number of nitro benzene ring substituents is 1. The second-order valence-corrected chi connectivity index (χ2v) is 7.69. The fraction of sp³-hybridized carbons (Fsp3) is 0.381. The van der Waals surface area contributed by atoms with Gasteiger partial charge in [0.1, 0.15) is 5.02 Å². The summed E-state index contributed by atoms with van der Waals surface area (Å²) in [7, 11) is 3.97. The van der Waals surface area contributed by atoms with E-state index in [0.29, 0.717) is 19.8 Å². The third-order valence-electron chi connectivity index (χ3n) is 5.14. The van der Waals surface area contributed by atoms with Gasteiger partial charge in [-0.3, -0.25) is 19.8 Å². The van der Waals surface area contributed by atoms with Gasteiger partial charge >= 0.3 is 0 Å². The van der Waals surface area contributed by atoms with Gasteiger partial charge in [-0.05, 0) is 29.8 Å². The first-order valence-electron chi connectivity index (χ1n) is 9.68. The number of halogens is 1. The second kappa shape index (κ2) is 9.88. The van der Waals surface area contributed by atoms with Crippen LogP contribution in [0.2, 0.25) is 5.02 Å². The topological polar surface area (TPSA) is 88.0 Å². The van der Waals surface area contributed by atoms with Crippen molar-refractivity contribution in [1.82, 2.24) is 10.2 Å². The highest BCUT2D eigenvalue weighted by Gasteiger charge is 2.24. The van der Waals surface area contributed by atoms with Crippen LogP contribution in [0.4, 0.5) is 11.4 Å². The number of hydrogen-bond donors (Lipinski definition) is 1. The standard InChI is InChI=1S/C21H25ClN4O4/c1-24(2)17-6-3-15(4-7-17)20(25-9-11-30-12-10-25)14-23-21(27)16-5-8-18(22)19(13-16)26(28)29/h3-8,13,20H,9-12,14H2,1-2H3,(H,23,27). The molecule has 30 heavy (non-hydrogen) atoms. The predicted molar refractivity (Wildman–Crippen MR) is 116 cm³/mol. The molecule has 0 aliphatic carbocycles. The van der Waals surface area contributed by atoms with Crippen LogP contribution in [0.25, 0.3) is 0 Å². The quantitative estimate of drug-likeness (QED) is 0.534. The van der Waals surface area contributed by atoms with E-state index in [1.54, 1.807) is 0 Å². The maximum atomic E-state index is 12.7. The smallest absolute Gasteiger partial charge is 0.288 e. The van der Waals surface area contributed by atoms with Crippen LogP contribution in [0.1, 0.15) is 22.0 Å². The van der Waals surface area contributed by atoms with Gasteiger partial charge in [0, 0.05) is 51.0 Å². The minimum Gasteiger partial charge on any atom is -0.379 e. The van der Waals surface area contributed by atoms with E-state index < -0.39 is 4.92 Å². The number of hydrogen-bond acceptors (Lipinski definition) is 6. The van der Waals surface area contributed by atoms with E-state index in [1.165, 1.54) is 18.2 Å². The Balaban J connectivity index is 1.77. The van der Waals surface area contributed by atoms with Gasteiger partial charge in [0.05, 0.1) is 24.2 Å². The number of carbonyl (C=O) groups is 1. The minimum atomic E-state index is -0.595. The summed E-state index contributed by atoms with van der Waals surface area (Å²) in [5.41, 5.74) is 2.10. The van der Waals surface area contributed by atoms with Crippen LogP contribution in [0.5, 0.6) is 0 Å². The Bertz CT molecular complexity index is 898. The highest BCUT2D eigenvalue weighted by atomic mass is 35.5. The fourth-order valence-electron chi connectivity index (χ4n) is 3.43. The van der Waals surface area contributed by atoms with Crippen molar-refractivity contribution in [3.05, 3.63) is 68.7 Å². The highest BCUT2D eigenvalue weighted by molar-refractivity contribution is 6.32. The number of rotatable bonds is 7. The van der Waals surface area contributed by atoms with Crippen LogP contribution >= 0.6 is 11.6 Å². The van der Waals surface area contributed by atoms with Crippen molar-refractivity contribution in [2.75, 3.05) is 51.8 Å². The van der Waals surface area contributed by atoms with E-state index in [9.17, 15) is 14.9 Å². The molecule has 2 aromatic carbocycles. The average Bonchev–Trinajstić information content (AvgIpc) is 2.75. The molecule has 0 radical (unpaired) electrons. The predicted octanol–water partition coefficient (Wildman–Crippen LogP) is 3.12. The molecule has 1 amide bonds. The lowest BCUT2D eigenvalue weighted by molar-refractivity contribution is -0.384. The Hall–Kier alpha value is -2.68. The molecule has 2 aromatic rings. The molecule has 8 nitrogen and oxygen atoms in total. The van der Waals surface area contributed by atoms with Crippen molar-refractivity contribution < 1.29 is 14.5 Å². The summed E-state index contributed by atoms with van der Waals surface area (Å²) in [5, 5.41) is 14.0. The highest BCUT2D eigenvalue weighted by Crippen LogP contribution is 2.26. The lowest BCUT2D eigenvalue weighted by atomic mass is 10.0. The molecule has 1 saturated heterocycles. The number of nitrogens with one attached hydrogen (secondary N) is 1. The van der Waals surface area contributed by atoms with Crippen LogP contribution in [0.3, 0.4) is 0 Å². The van der Waals surface area contributed by atoms with Crippen molar-refractivity contribution in [1.29, 1.82) is 0 Å². The molecule has 9 heteroatoms. The summed E-state index contributed by atoms with van der Waals surface area (Å²) in [4.78, 5) is 27.5. The minimum absolute atomic E-state index is 0.00345. The van der Waals surface area contributed by atoms with Crippen molar-refractivity contribution in [2.24, 2.45) is 0 Å². The normalized spacial score (nSPS) is 15.4. The number of nitro groups is 1. The van der Waals surface area contributed by atoms with Gasteiger partial charge in [-0.15, -0.1) is 0 Å². The van der Waals surface area contributed by atoms with E-state index in [1.807, 2.05) is 31.1 Å². The van der Waals surface area contributed by atoms with Gasteiger partial charge in [-0.1, -0.05) is 23.7 Å². The number of amides is 1. The Labute approximate surface area is 180 Å². The molecular formula is C21H25ClN4O4. The largest absolute Gasteiger partial charge is 0.379 e. The first-order chi connectivity index (χ1) is 14.4. The first-order valence-corrected chi connectivity index (χ1v) is 10.1. The lowest BCUT2D eigenvalue weighted by Crippen LogP contribution is -2.43. The molecule has 1 N–H and O–H groups in total. The summed E-state index contributed by atoms with van der Waals surface area (Å²) in [6, 6.07) is 12.3. The van der Waals surface area contributed by atoms with E-state index in [2.05, 4.69) is 22.3 Å². The average molecular weight is 433 g/mol. The van der Waals surface area contributed by atoms with E-state index in [4.69, 9.17) is 16.3 Å². The van der Waals surface area contributed by atoms with Crippen LogP contribution in [0.15, 0.2) is 42.5 Å². The summed E-state index contributed by atoms with van der Waals surface area (Å²) in [6.45, 7) is 3.19. The van der Waals surface area contributed by atoms with Crippen LogP contribution in [-0.2, 0) is 4.74 Å². The molecular weight excluding hydrogens is 408 g/mol. The summed E-state index contributed by atoms with van der Waals surface area (Å²) in [6.07, 6.45) is 0. The van der Waals surface area contributed by atoms with Crippen molar-refractivity contribution in [3.8, 4) is 0 Å². The van der Waals surface area contributed by atoms with Gasteiger partial charge in [0.2, 0.25) is 0 Å². The van der Waals surface area contributed by atoms with Crippen molar-refractivity contribution in [3.63, 3.8) is 0 Å². The maximum absolute atomic E-state index is 12.7. The monoisotopic (exact) mass is 432 g/mol. The zero-order valence-corrected chi connectivity index (χ0v) is 17.8. The molecule has 1 unspecified atom stereocenters. The third kappa shape index (κ3) is 5.27. The van der Waals surface area contributed by atoms with E-state index >= 15 is 0 Å². The van der Waals surface area contributed by atoms with Gasteiger partial charge in [0.15, 0.2) is 0 Å². The molecule has 1 aliphatic rings. The number of anilines is 1. The lowest BCUT2D eigenvalue weighted by Gasteiger charge is -2.35. The molecule has 1 atom stereocenters. The van der Waals surface area contributed by atoms with Crippen molar-refractivity contribution >= 4 is 28.9 Å². The van der Waals surface area contributed by atoms with Crippen LogP contribution in [0, 0.1) is 10.1 Å². The fourth-order valence-corrected chi connectivity index (χ4v) is 3.61. The van der Waals surface area contributed by atoms with Crippen LogP contribution in [-0.4, -0.2) is 62.7 Å². The van der Waals surface area contributed by atoms with Gasteiger partial charge in [-0.25, -0.2) is 0 Å². The number of carbonyl (C=O) groups excluding carboxylic acids is 1. The Morgan fingerprint density at radius 2 is 1.90 bits per heavy atom. The zero-order valence-electron chi connectivity index (χ0n) is 17.0. The van der Waals surface area contributed by atoms with Gasteiger partial charge in [-0.2, -0.15) is 0 Å². The van der Waals surface area contributed by atoms with Crippen LogP contribution < -0.4 is 10.2 Å². The molecule has 0 aromatic heterocycles. The molecule has 1 aliphatic heterocycles. The van der Waals surface area contributed by atoms with Gasteiger partial charge in [0.25, 0.3) is 11.6 Å². The summed E-state index contributed by atoms with van der Waals surface area (Å²) in [5.74, 6) is -0.377. The molecule has 1 fully saturated rings. The van der Waals surface area contributed by atoms with E-state index in [-0.39, 0.29) is 28.2 Å². The summed E-state index contributed by atoms with van der Waals surface area (Å²) >= 11 is 5.84. The Kier molecular flexibility index (Phi) is 7.25. The Morgan fingerprint density at radius 3 is 2.50 bits per heavy atom. The number of morpholine rings is 1. The number of ether oxygens (including phenoxy) is 1. The first kappa shape index (κ1) is 22.0. The molecule has 0 bridgehead atoms. The zero-order chi connectivity index (χ0) is 21.7. The Morgan fingerprint density at radius 1 is 1.23 bits per heavy atom. The number of benzene rings is 2. The number of nitrogens with zero attached hydrogens (tertiary/aromatic N) is 3. The van der Waals surface area contributed by atoms with Crippen molar-refractivity contribution in [2.45, 2.75) is 6.04 Å². The van der Waals surface area contributed by atoms with E-state index in [0.717, 1.165) is 24.3 Å².